The van der Waals surface area contributed by atoms with Gasteiger partial charge < -0.3 is 19.9 Å². The molecule has 0 saturated heterocycles. The van der Waals surface area contributed by atoms with Crippen LogP contribution >= 0.6 is 0 Å². The second-order valence-corrected chi connectivity index (χ2v) is 8.98. The van der Waals surface area contributed by atoms with Crippen LogP contribution < -0.4 is 15.4 Å². The smallest absolute Gasteiger partial charge is 0.355 e. The number of hydrogen-bond acceptors (Lipinski definition) is 9. The molecular formula is C27H25N3O6. The zero-order chi connectivity index (χ0) is 26.2. The van der Waals surface area contributed by atoms with Gasteiger partial charge in [0.05, 0.1) is 49.3 Å². The van der Waals surface area contributed by atoms with E-state index in [1.54, 1.807) is 42.5 Å². The number of benzene rings is 2. The number of nitrogens with zero attached hydrogens (tertiary/aromatic N) is 2. The molecule has 4 rings (SSSR count). The van der Waals surface area contributed by atoms with E-state index in [9.17, 15) is 19.6 Å². The topological polar surface area (TPSA) is 132 Å². The van der Waals surface area contributed by atoms with Crippen molar-refractivity contribution in [2.24, 2.45) is 5.73 Å². The molecule has 2 aromatic rings. The summed E-state index contributed by atoms with van der Waals surface area (Å²) in [4.78, 5) is 40.4. The highest BCUT2D eigenvalue weighted by Gasteiger charge is 2.43. The van der Waals surface area contributed by atoms with Crippen molar-refractivity contribution in [3.63, 3.8) is 0 Å². The van der Waals surface area contributed by atoms with Crippen LogP contribution in [0.25, 0.3) is 0 Å². The van der Waals surface area contributed by atoms with Crippen molar-refractivity contribution < 1.29 is 28.6 Å². The first-order valence-corrected chi connectivity index (χ1v) is 11.2. The number of carbonyl (C=O) groups excluding carboxylic acids is 3. The minimum absolute atomic E-state index is 0.0377. The number of nitrogens with two attached hydrogens (primary N) is 1. The van der Waals surface area contributed by atoms with Gasteiger partial charge in [0.1, 0.15) is 22.9 Å². The van der Waals surface area contributed by atoms with Gasteiger partial charge in [-0.05, 0) is 37.6 Å². The molecule has 0 aliphatic carbocycles. The van der Waals surface area contributed by atoms with Gasteiger partial charge >= 0.3 is 11.9 Å². The lowest BCUT2D eigenvalue weighted by molar-refractivity contribution is -0.139. The molecule has 0 bridgehead atoms. The fourth-order valence-electron chi connectivity index (χ4n) is 4.56. The van der Waals surface area contributed by atoms with Gasteiger partial charge in [-0.15, -0.1) is 0 Å². The largest absolute Gasteiger partial charge is 0.487 e. The molecule has 2 N–H and O–H groups in total. The van der Waals surface area contributed by atoms with E-state index in [1.165, 1.54) is 25.2 Å². The Balaban J connectivity index is 2.01. The lowest BCUT2D eigenvalue weighted by Gasteiger charge is -2.37. The molecule has 0 aromatic heterocycles. The number of carbonyl (C=O) groups is 3. The number of ether oxygens (including phenoxy) is 3. The third kappa shape index (κ3) is 4.07. The van der Waals surface area contributed by atoms with Crippen molar-refractivity contribution in [3.05, 3.63) is 82.3 Å². The predicted octanol–water partition coefficient (Wildman–Crippen LogP) is 3.33. The molecule has 9 nitrogen and oxygen atoms in total. The molecule has 184 valence electrons. The number of anilines is 1. The number of Topliss-reactive ketones (excluding diaryl/α,β-unsaturated/α-hetero) is 1. The summed E-state index contributed by atoms with van der Waals surface area (Å²) >= 11 is 0. The zero-order valence-corrected chi connectivity index (χ0v) is 20.3. The summed E-state index contributed by atoms with van der Waals surface area (Å²) in [6, 6.07) is 15.5. The third-order valence-electron chi connectivity index (χ3n) is 6.10. The second kappa shape index (κ2) is 9.23. The number of rotatable bonds is 4. The molecule has 0 saturated carbocycles. The summed E-state index contributed by atoms with van der Waals surface area (Å²) in [5.41, 5.74) is 6.71. The highest BCUT2D eigenvalue weighted by Crippen LogP contribution is 2.44. The molecule has 9 heteroatoms. The normalized spacial score (nSPS) is 18.7. The van der Waals surface area contributed by atoms with Gasteiger partial charge in [0, 0.05) is 5.69 Å². The quantitative estimate of drug-likeness (QED) is 0.645. The SMILES string of the molecule is COC(=O)C1=C(C(=O)OC)N(c2ccc3c(c2)C(=O)CC(C)(C)O3)C(N)=C(C#N)C1c1ccccc1. The fraction of sp³-hybridized carbons (Fsp3) is 0.259. The number of allylic oxidation sites excluding steroid dienone is 1. The minimum atomic E-state index is -0.975. The van der Waals surface area contributed by atoms with E-state index in [4.69, 9.17) is 19.9 Å². The van der Waals surface area contributed by atoms with Crippen LogP contribution in [0.5, 0.6) is 5.75 Å². The minimum Gasteiger partial charge on any atom is -0.487 e. The van der Waals surface area contributed by atoms with E-state index in [0.717, 1.165) is 0 Å². The summed E-state index contributed by atoms with van der Waals surface area (Å²) in [5, 5.41) is 10.1. The standard InChI is InChI=1S/C27H25N3O6/c1-27(2)13-19(31)17-12-16(10-11-20(17)36-27)30-23(26(33)35-4)22(25(32)34-3)21(18(14-28)24(30)29)15-8-6-5-7-9-15/h5-12,21H,13,29H2,1-4H3. The number of ketones is 1. The number of fused-ring (bicyclic) bond motifs is 1. The molecule has 0 radical (unpaired) electrons. The van der Waals surface area contributed by atoms with Crippen molar-refractivity contribution in [1.29, 1.82) is 5.26 Å². The fourth-order valence-corrected chi connectivity index (χ4v) is 4.56. The second-order valence-electron chi connectivity index (χ2n) is 8.98. The van der Waals surface area contributed by atoms with E-state index in [2.05, 4.69) is 6.07 Å². The molecule has 0 spiro atoms. The number of nitriles is 1. The van der Waals surface area contributed by atoms with Crippen molar-refractivity contribution >= 4 is 23.4 Å². The van der Waals surface area contributed by atoms with E-state index in [1.807, 2.05) is 13.8 Å². The van der Waals surface area contributed by atoms with Gasteiger partial charge in [0.2, 0.25) is 0 Å². The molecule has 2 aliphatic rings. The molecular weight excluding hydrogens is 462 g/mol. The van der Waals surface area contributed by atoms with Crippen molar-refractivity contribution in [1.82, 2.24) is 0 Å². The van der Waals surface area contributed by atoms with Gasteiger partial charge in [-0.2, -0.15) is 5.26 Å². The molecule has 2 aliphatic heterocycles. The number of esters is 2. The Morgan fingerprint density at radius 1 is 1.11 bits per heavy atom. The summed E-state index contributed by atoms with van der Waals surface area (Å²) < 4.78 is 16.0. The van der Waals surface area contributed by atoms with Crippen LogP contribution in [0.1, 0.15) is 42.1 Å². The van der Waals surface area contributed by atoms with Crippen molar-refractivity contribution in [2.75, 3.05) is 19.1 Å². The monoisotopic (exact) mass is 487 g/mol. The highest BCUT2D eigenvalue weighted by molar-refractivity contribution is 6.07. The Labute approximate surface area is 208 Å². The van der Waals surface area contributed by atoms with Crippen LogP contribution in [0.3, 0.4) is 0 Å². The van der Waals surface area contributed by atoms with Gasteiger partial charge in [0.15, 0.2) is 5.78 Å². The van der Waals surface area contributed by atoms with Gasteiger partial charge in [-0.3, -0.25) is 9.69 Å². The van der Waals surface area contributed by atoms with Crippen molar-refractivity contribution in [2.45, 2.75) is 31.8 Å². The third-order valence-corrected chi connectivity index (χ3v) is 6.10. The Kier molecular flexibility index (Phi) is 6.29. The Bertz CT molecular complexity index is 1370. The van der Waals surface area contributed by atoms with E-state index >= 15 is 0 Å². The molecule has 0 amide bonds. The molecule has 2 aromatic carbocycles. The average Bonchev–Trinajstić information content (AvgIpc) is 2.86. The van der Waals surface area contributed by atoms with Gasteiger partial charge in [-0.25, -0.2) is 9.59 Å². The first-order chi connectivity index (χ1) is 17.1. The molecule has 0 fully saturated rings. The summed E-state index contributed by atoms with van der Waals surface area (Å²) in [6.45, 7) is 3.63. The van der Waals surface area contributed by atoms with Crippen LogP contribution in [0.4, 0.5) is 5.69 Å². The van der Waals surface area contributed by atoms with E-state index in [0.29, 0.717) is 16.9 Å². The summed E-state index contributed by atoms with van der Waals surface area (Å²) in [5.74, 6) is -2.51. The van der Waals surface area contributed by atoms with E-state index < -0.39 is 23.5 Å². The molecule has 1 atom stereocenters. The first kappa shape index (κ1) is 24.5. The maximum Gasteiger partial charge on any atom is 0.355 e. The summed E-state index contributed by atoms with van der Waals surface area (Å²) in [6.07, 6.45) is 0.154. The summed E-state index contributed by atoms with van der Waals surface area (Å²) in [7, 11) is 2.35. The molecule has 1 unspecified atom stereocenters. The Hall–Kier alpha value is -4.58. The van der Waals surface area contributed by atoms with Crippen LogP contribution in [0, 0.1) is 11.3 Å². The van der Waals surface area contributed by atoms with Gasteiger partial charge in [-0.1, -0.05) is 30.3 Å². The van der Waals surface area contributed by atoms with Crippen LogP contribution in [0.2, 0.25) is 0 Å². The number of methoxy groups -OCH3 is 2. The number of hydrogen-bond donors (Lipinski definition) is 1. The van der Waals surface area contributed by atoms with E-state index in [-0.39, 0.29) is 40.6 Å². The lowest BCUT2D eigenvalue weighted by atomic mass is 9.81. The van der Waals surface area contributed by atoms with Crippen molar-refractivity contribution in [3.8, 4) is 11.8 Å². The average molecular weight is 488 g/mol. The maximum absolute atomic E-state index is 13.2. The predicted molar refractivity (Wildman–Crippen MR) is 130 cm³/mol. The highest BCUT2D eigenvalue weighted by atomic mass is 16.5. The van der Waals surface area contributed by atoms with Crippen LogP contribution in [-0.4, -0.2) is 37.5 Å². The Morgan fingerprint density at radius 2 is 1.78 bits per heavy atom. The maximum atomic E-state index is 13.2. The Morgan fingerprint density at radius 3 is 2.39 bits per heavy atom. The van der Waals surface area contributed by atoms with Crippen LogP contribution in [0.15, 0.2) is 71.2 Å². The first-order valence-electron chi connectivity index (χ1n) is 11.2. The molecule has 2 heterocycles. The van der Waals surface area contributed by atoms with Gasteiger partial charge in [0.25, 0.3) is 0 Å². The molecule has 36 heavy (non-hydrogen) atoms. The zero-order valence-electron chi connectivity index (χ0n) is 20.3. The van der Waals surface area contributed by atoms with Crippen LogP contribution in [-0.2, 0) is 19.1 Å². The lowest BCUT2D eigenvalue weighted by Crippen LogP contribution is -2.41.